The molecule has 8 nitrogen and oxygen atoms in total. The van der Waals surface area contributed by atoms with Gasteiger partial charge in [-0.05, 0) is 32.4 Å². The number of likely N-dealkylation sites (tertiary alicyclic amines) is 1. The summed E-state index contributed by atoms with van der Waals surface area (Å²) in [5, 5.41) is 7.38. The quantitative estimate of drug-likeness (QED) is 0.822. The molecular weight excluding hydrogens is 334 g/mol. The van der Waals surface area contributed by atoms with Gasteiger partial charge in [0.15, 0.2) is 0 Å². The van der Waals surface area contributed by atoms with Gasteiger partial charge in [0.2, 0.25) is 0 Å². The molecule has 26 heavy (non-hydrogen) atoms. The molecule has 1 atom stereocenters. The van der Waals surface area contributed by atoms with Crippen molar-refractivity contribution in [2.75, 3.05) is 45.9 Å². The fourth-order valence-electron chi connectivity index (χ4n) is 3.60. The normalized spacial score (nSPS) is 21.6. The van der Waals surface area contributed by atoms with Crippen LogP contribution in [0.1, 0.15) is 25.0 Å². The molecule has 1 unspecified atom stereocenters. The van der Waals surface area contributed by atoms with Crippen LogP contribution in [0.25, 0.3) is 0 Å². The number of carbonyl (C=O) groups is 1. The molecule has 0 bridgehead atoms. The van der Waals surface area contributed by atoms with Gasteiger partial charge in [0.05, 0.1) is 25.5 Å². The largest absolute Gasteiger partial charge is 0.378 e. The predicted octanol–water partition coefficient (Wildman–Crippen LogP) is 0.448. The van der Waals surface area contributed by atoms with E-state index in [4.69, 9.17) is 4.74 Å². The highest BCUT2D eigenvalue weighted by Gasteiger charge is 2.24. The lowest BCUT2D eigenvalue weighted by Gasteiger charge is -2.36. The van der Waals surface area contributed by atoms with Crippen molar-refractivity contribution in [1.82, 2.24) is 24.9 Å². The molecule has 1 N–H and O–H groups in total. The number of hydrogen-bond acceptors (Lipinski definition) is 5. The van der Waals surface area contributed by atoms with Crippen LogP contribution in [0.3, 0.4) is 0 Å². The summed E-state index contributed by atoms with van der Waals surface area (Å²) in [6.07, 6.45) is 3.40. The van der Waals surface area contributed by atoms with Crippen LogP contribution >= 0.6 is 0 Å². The van der Waals surface area contributed by atoms with Gasteiger partial charge in [-0.1, -0.05) is 6.42 Å². The van der Waals surface area contributed by atoms with Crippen LogP contribution in [-0.4, -0.2) is 77.6 Å². The number of hydrogen-bond donors (Lipinski definition) is 1. The first-order valence-electron chi connectivity index (χ1n) is 9.53. The van der Waals surface area contributed by atoms with Gasteiger partial charge >= 0.3 is 6.03 Å². The predicted molar refractivity (Wildman–Crippen MR) is 98.2 cm³/mol. The van der Waals surface area contributed by atoms with Crippen molar-refractivity contribution >= 4 is 6.03 Å². The molecule has 144 valence electrons. The molecule has 2 amide bonds. The van der Waals surface area contributed by atoms with Crippen molar-refractivity contribution in [3.8, 4) is 0 Å². The molecule has 0 aromatic carbocycles. The van der Waals surface area contributed by atoms with Crippen LogP contribution in [-0.2, 0) is 11.3 Å². The van der Waals surface area contributed by atoms with Crippen LogP contribution in [0.15, 0.2) is 16.9 Å². The summed E-state index contributed by atoms with van der Waals surface area (Å²) >= 11 is 0. The first-order chi connectivity index (χ1) is 12.6. The summed E-state index contributed by atoms with van der Waals surface area (Å²) in [7, 11) is 0. The standard InChI is InChI=1S/C18H29N5O3/c1-15-5-6-17(24)23(20-15)9-8-21-7-3-2-4-16(21)14-19-18(25)22-10-12-26-13-11-22/h5-6,16H,2-4,7-14H2,1H3,(H,19,25). The fraction of sp³-hybridized carbons (Fsp3) is 0.722. The zero-order chi connectivity index (χ0) is 18.4. The molecule has 0 radical (unpaired) electrons. The van der Waals surface area contributed by atoms with E-state index in [1.165, 1.54) is 11.1 Å². The Balaban J connectivity index is 1.51. The molecule has 1 aromatic heterocycles. The van der Waals surface area contributed by atoms with E-state index in [-0.39, 0.29) is 11.6 Å². The van der Waals surface area contributed by atoms with Crippen LogP contribution in [0.4, 0.5) is 4.79 Å². The SMILES string of the molecule is Cc1ccc(=O)n(CCN2CCCCC2CNC(=O)N2CCOCC2)n1. The minimum absolute atomic E-state index is 0.00427. The van der Waals surface area contributed by atoms with E-state index < -0.39 is 0 Å². The highest BCUT2D eigenvalue weighted by molar-refractivity contribution is 5.74. The molecule has 8 heteroatoms. The van der Waals surface area contributed by atoms with Crippen molar-refractivity contribution in [2.24, 2.45) is 0 Å². The highest BCUT2D eigenvalue weighted by Crippen LogP contribution is 2.16. The number of morpholine rings is 1. The molecule has 0 aliphatic carbocycles. The van der Waals surface area contributed by atoms with E-state index in [1.54, 1.807) is 12.1 Å². The van der Waals surface area contributed by atoms with Gasteiger partial charge in [0, 0.05) is 38.3 Å². The summed E-state index contributed by atoms with van der Waals surface area (Å²) < 4.78 is 6.82. The summed E-state index contributed by atoms with van der Waals surface area (Å²) in [6, 6.07) is 3.62. The summed E-state index contributed by atoms with van der Waals surface area (Å²) in [5.74, 6) is 0. The molecule has 2 aliphatic heterocycles. The average Bonchev–Trinajstić information content (AvgIpc) is 2.68. The zero-order valence-corrected chi connectivity index (χ0v) is 15.5. The third-order valence-electron chi connectivity index (χ3n) is 5.14. The minimum Gasteiger partial charge on any atom is -0.378 e. The topological polar surface area (TPSA) is 79.7 Å². The molecule has 3 rings (SSSR count). The van der Waals surface area contributed by atoms with Gasteiger partial charge in [-0.15, -0.1) is 0 Å². The summed E-state index contributed by atoms with van der Waals surface area (Å²) in [4.78, 5) is 28.4. The Morgan fingerprint density at radius 3 is 2.85 bits per heavy atom. The second kappa shape index (κ2) is 9.14. The molecule has 2 fully saturated rings. The monoisotopic (exact) mass is 363 g/mol. The number of nitrogens with zero attached hydrogens (tertiary/aromatic N) is 4. The Morgan fingerprint density at radius 1 is 1.23 bits per heavy atom. The Labute approximate surface area is 154 Å². The van der Waals surface area contributed by atoms with E-state index in [0.29, 0.717) is 45.4 Å². The number of carbonyl (C=O) groups excluding carboxylic acids is 1. The average molecular weight is 363 g/mol. The van der Waals surface area contributed by atoms with Crippen molar-refractivity contribution in [3.05, 3.63) is 28.2 Å². The van der Waals surface area contributed by atoms with Crippen molar-refractivity contribution < 1.29 is 9.53 Å². The number of nitrogens with one attached hydrogen (secondary N) is 1. The second-order valence-electron chi connectivity index (χ2n) is 7.01. The van der Waals surface area contributed by atoms with Gasteiger partial charge in [0.25, 0.3) is 5.56 Å². The number of amides is 2. The maximum atomic E-state index is 12.3. The number of aromatic nitrogens is 2. The van der Waals surface area contributed by atoms with Crippen molar-refractivity contribution in [1.29, 1.82) is 0 Å². The number of piperidine rings is 1. The van der Waals surface area contributed by atoms with E-state index in [0.717, 1.165) is 31.6 Å². The van der Waals surface area contributed by atoms with Crippen LogP contribution in [0.5, 0.6) is 0 Å². The minimum atomic E-state index is -0.0650. The van der Waals surface area contributed by atoms with Gasteiger partial charge in [0.1, 0.15) is 0 Å². The van der Waals surface area contributed by atoms with E-state index >= 15 is 0 Å². The fourth-order valence-corrected chi connectivity index (χ4v) is 3.60. The highest BCUT2D eigenvalue weighted by atomic mass is 16.5. The van der Waals surface area contributed by atoms with E-state index in [1.807, 2.05) is 11.8 Å². The van der Waals surface area contributed by atoms with E-state index in [9.17, 15) is 9.59 Å². The Bertz CT molecular complexity index is 656. The third-order valence-corrected chi connectivity index (χ3v) is 5.14. The van der Waals surface area contributed by atoms with Crippen LogP contribution < -0.4 is 10.9 Å². The third kappa shape index (κ3) is 5.04. The Hall–Kier alpha value is -1.93. The molecule has 2 aliphatic rings. The molecule has 3 heterocycles. The molecule has 0 spiro atoms. The van der Waals surface area contributed by atoms with Crippen molar-refractivity contribution in [2.45, 2.75) is 38.8 Å². The number of rotatable bonds is 5. The van der Waals surface area contributed by atoms with Crippen molar-refractivity contribution in [3.63, 3.8) is 0 Å². The first-order valence-corrected chi connectivity index (χ1v) is 9.53. The lowest BCUT2D eigenvalue weighted by molar-refractivity contribution is 0.0521. The van der Waals surface area contributed by atoms with Gasteiger partial charge < -0.3 is 15.0 Å². The Morgan fingerprint density at radius 2 is 2.04 bits per heavy atom. The van der Waals surface area contributed by atoms with Gasteiger partial charge in [-0.25, -0.2) is 9.48 Å². The number of ether oxygens (including phenoxy) is 1. The van der Waals surface area contributed by atoms with E-state index in [2.05, 4.69) is 15.3 Å². The smallest absolute Gasteiger partial charge is 0.317 e. The molecule has 0 saturated carbocycles. The number of aryl methyl sites for hydroxylation is 1. The lowest BCUT2D eigenvalue weighted by atomic mass is 10.0. The molecular formula is C18H29N5O3. The maximum Gasteiger partial charge on any atom is 0.317 e. The lowest BCUT2D eigenvalue weighted by Crippen LogP contribution is -2.52. The number of urea groups is 1. The Kier molecular flexibility index (Phi) is 6.62. The summed E-state index contributed by atoms with van der Waals surface area (Å²) in [6.45, 7) is 7.42. The van der Waals surface area contributed by atoms with Crippen LogP contribution in [0, 0.1) is 6.92 Å². The van der Waals surface area contributed by atoms with Crippen LogP contribution in [0.2, 0.25) is 0 Å². The maximum absolute atomic E-state index is 12.3. The molecule has 2 saturated heterocycles. The van der Waals surface area contributed by atoms with Gasteiger partial charge in [-0.3, -0.25) is 9.69 Å². The van der Waals surface area contributed by atoms with Gasteiger partial charge in [-0.2, -0.15) is 5.10 Å². The summed E-state index contributed by atoms with van der Waals surface area (Å²) in [5.41, 5.74) is 0.780. The zero-order valence-electron chi connectivity index (χ0n) is 15.5. The molecule has 1 aromatic rings. The second-order valence-corrected chi connectivity index (χ2v) is 7.01. The first kappa shape index (κ1) is 18.8.